The first-order valence-electron chi connectivity index (χ1n) is 3.16. The van der Waals surface area contributed by atoms with Crippen LogP contribution in [0.3, 0.4) is 0 Å². The maximum atomic E-state index is 12.6. The Morgan fingerprint density at radius 3 is 2.83 bits per heavy atom. The van der Waals surface area contributed by atoms with E-state index in [4.69, 9.17) is 5.73 Å². The highest BCUT2D eigenvalue weighted by molar-refractivity contribution is 7.98. The lowest BCUT2D eigenvalue weighted by molar-refractivity contribution is 0.613. The van der Waals surface area contributed by atoms with E-state index in [0.29, 0.717) is 6.54 Å². The van der Waals surface area contributed by atoms with Gasteiger partial charge in [0.2, 0.25) is 0 Å². The minimum atomic E-state index is -0.313. The second kappa shape index (κ2) is 5.35. The molecule has 0 atom stereocenters. The first-order valence-corrected chi connectivity index (χ1v) is 4.39. The van der Waals surface area contributed by atoms with Gasteiger partial charge in [-0.1, -0.05) is 0 Å². The summed E-state index contributed by atoms with van der Waals surface area (Å²) < 4.78 is 12.6. The van der Waals surface area contributed by atoms with E-state index < -0.39 is 0 Å². The van der Waals surface area contributed by atoms with Crippen molar-refractivity contribution in [2.75, 3.05) is 6.26 Å². The molecule has 1 aromatic rings. The Kier molecular flexibility index (Phi) is 5.20. The van der Waals surface area contributed by atoms with Gasteiger partial charge in [0, 0.05) is 11.4 Å². The standard InChI is InChI=1S/C7H9FN2S.ClH/c1-11-7-2-5(8)4-10-6(7)3-9;/h2,4H,3,9H2,1H3;1H. The molecule has 0 fully saturated rings. The monoisotopic (exact) mass is 208 g/mol. The molecule has 0 amide bonds. The van der Waals surface area contributed by atoms with Gasteiger partial charge in [-0.2, -0.15) is 0 Å². The van der Waals surface area contributed by atoms with E-state index in [1.54, 1.807) is 0 Å². The molecule has 0 aromatic carbocycles. The van der Waals surface area contributed by atoms with Crippen LogP contribution < -0.4 is 5.73 Å². The van der Waals surface area contributed by atoms with Gasteiger partial charge in [0.25, 0.3) is 0 Å². The van der Waals surface area contributed by atoms with Crippen molar-refractivity contribution < 1.29 is 4.39 Å². The fourth-order valence-corrected chi connectivity index (χ4v) is 1.38. The lowest BCUT2D eigenvalue weighted by atomic mass is 10.3. The molecule has 1 heterocycles. The Morgan fingerprint density at radius 2 is 2.33 bits per heavy atom. The second-order valence-electron chi connectivity index (χ2n) is 2.01. The summed E-state index contributed by atoms with van der Waals surface area (Å²) in [5, 5.41) is 0. The van der Waals surface area contributed by atoms with Crippen molar-refractivity contribution in [3.8, 4) is 0 Å². The summed E-state index contributed by atoms with van der Waals surface area (Å²) in [6.07, 6.45) is 3.05. The molecule has 0 aliphatic rings. The molecule has 0 spiro atoms. The molecule has 0 saturated heterocycles. The van der Waals surface area contributed by atoms with E-state index in [0.717, 1.165) is 10.6 Å². The second-order valence-corrected chi connectivity index (χ2v) is 2.85. The van der Waals surface area contributed by atoms with Crippen molar-refractivity contribution >= 4 is 24.2 Å². The zero-order chi connectivity index (χ0) is 8.27. The smallest absolute Gasteiger partial charge is 0.142 e. The van der Waals surface area contributed by atoms with Crippen LogP contribution in [0.4, 0.5) is 4.39 Å². The van der Waals surface area contributed by atoms with Crippen LogP contribution in [0.5, 0.6) is 0 Å². The fourth-order valence-electron chi connectivity index (χ4n) is 0.779. The average molecular weight is 209 g/mol. The number of hydrogen-bond donors (Lipinski definition) is 1. The third kappa shape index (κ3) is 2.62. The minimum Gasteiger partial charge on any atom is -0.325 e. The summed E-state index contributed by atoms with van der Waals surface area (Å²) in [7, 11) is 0. The van der Waals surface area contributed by atoms with Crippen LogP contribution in [0.1, 0.15) is 5.69 Å². The number of aromatic nitrogens is 1. The third-order valence-electron chi connectivity index (χ3n) is 1.31. The van der Waals surface area contributed by atoms with E-state index in [1.165, 1.54) is 24.0 Å². The lowest BCUT2D eigenvalue weighted by Gasteiger charge is -2.01. The van der Waals surface area contributed by atoms with Crippen LogP contribution in [0.2, 0.25) is 0 Å². The van der Waals surface area contributed by atoms with Gasteiger partial charge in [-0.25, -0.2) is 4.39 Å². The molecule has 0 aliphatic carbocycles. The van der Waals surface area contributed by atoms with Gasteiger partial charge in [-0.15, -0.1) is 24.2 Å². The SMILES string of the molecule is CSc1cc(F)cnc1CN.Cl. The molecule has 0 unspecified atom stereocenters. The Balaban J connectivity index is 0.00000121. The Morgan fingerprint density at radius 1 is 1.67 bits per heavy atom. The highest BCUT2D eigenvalue weighted by Gasteiger charge is 2.01. The van der Waals surface area contributed by atoms with Gasteiger partial charge in [0.1, 0.15) is 5.82 Å². The van der Waals surface area contributed by atoms with Crippen LogP contribution in [0.15, 0.2) is 17.2 Å². The summed E-state index contributed by atoms with van der Waals surface area (Å²) in [5.41, 5.74) is 6.13. The summed E-state index contributed by atoms with van der Waals surface area (Å²) in [6, 6.07) is 1.44. The number of nitrogens with zero attached hydrogens (tertiary/aromatic N) is 1. The highest BCUT2D eigenvalue weighted by Crippen LogP contribution is 2.18. The molecule has 5 heteroatoms. The molecule has 0 radical (unpaired) electrons. The fraction of sp³-hybridized carbons (Fsp3) is 0.286. The Hall–Kier alpha value is -0.320. The molecule has 0 aliphatic heterocycles. The Bertz CT molecular complexity index is 257. The van der Waals surface area contributed by atoms with Crippen molar-refractivity contribution in [1.82, 2.24) is 4.98 Å². The van der Waals surface area contributed by atoms with Crippen LogP contribution in [-0.2, 0) is 6.54 Å². The number of nitrogens with two attached hydrogens (primary N) is 1. The molecule has 0 bridgehead atoms. The van der Waals surface area contributed by atoms with Crippen molar-refractivity contribution in [1.29, 1.82) is 0 Å². The summed E-state index contributed by atoms with van der Waals surface area (Å²) in [5.74, 6) is -0.313. The van der Waals surface area contributed by atoms with E-state index in [-0.39, 0.29) is 18.2 Å². The number of thioether (sulfide) groups is 1. The molecule has 0 saturated carbocycles. The normalized spacial score (nSPS) is 9.25. The van der Waals surface area contributed by atoms with Crippen LogP contribution in [0, 0.1) is 5.82 Å². The molecule has 2 N–H and O–H groups in total. The summed E-state index contributed by atoms with van der Waals surface area (Å²) in [6.45, 7) is 0.358. The van der Waals surface area contributed by atoms with E-state index in [9.17, 15) is 4.39 Å². The largest absolute Gasteiger partial charge is 0.325 e. The van der Waals surface area contributed by atoms with Crippen molar-refractivity contribution in [3.63, 3.8) is 0 Å². The average Bonchev–Trinajstić information content (AvgIpc) is 2.04. The van der Waals surface area contributed by atoms with E-state index >= 15 is 0 Å². The van der Waals surface area contributed by atoms with Gasteiger partial charge in [-0.3, -0.25) is 4.98 Å². The number of pyridine rings is 1. The van der Waals surface area contributed by atoms with Gasteiger partial charge >= 0.3 is 0 Å². The van der Waals surface area contributed by atoms with Crippen LogP contribution in [-0.4, -0.2) is 11.2 Å². The maximum absolute atomic E-state index is 12.6. The molecule has 68 valence electrons. The first-order chi connectivity index (χ1) is 5.27. The summed E-state index contributed by atoms with van der Waals surface area (Å²) in [4.78, 5) is 4.66. The quantitative estimate of drug-likeness (QED) is 0.754. The van der Waals surface area contributed by atoms with E-state index in [1.807, 2.05) is 6.26 Å². The highest BCUT2D eigenvalue weighted by atomic mass is 35.5. The predicted molar refractivity (Wildman–Crippen MR) is 51.1 cm³/mol. The van der Waals surface area contributed by atoms with Crippen molar-refractivity contribution in [2.45, 2.75) is 11.4 Å². The van der Waals surface area contributed by atoms with Gasteiger partial charge in [-0.05, 0) is 12.3 Å². The van der Waals surface area contributed by atoms with E-state index in [2.05, 4.69) is 4.98 Å². The minimum absolute atomic E-state index is 0. The topological polar surface area (TPSA) is 38.9 Å². The molecular weight excluding hydrogens is 199 g/mol. The van der Waals surface area contributed by atoms with Gasteiger partial charge in [0.15, 0.2) is 0 Å². The zero-order valence-electron chi connectivity index (χ0n) is 6.58. The lowest BCUT2D eigenvalue weighted by Crippen LogP contribution is -2.01. The zero-order valence-corrected chi connectivity index (χ0v) is 8.21. The third-order valence-corrected chi connectivity index (χ3v) is 2.10. The first kappa shape index (κ1) is 11.7. The number of hydrogen-bond acceptors (Lipinski definition) is 3. The van der Waals surface area contributed by atoms with Gasteiger partial charge < -0.3 is 5.73 Å². The number of rotatable bonds is 2. The molecule has 12 heavy (non-hydrogen) atoms. The van der Waals surface area contributed by atoms with Crippen molar-refractivity contribution in [2.24, 2.45) is 5.73 Å². The maximum Gasteiger partial charge on any atom is 0.142 e. The molecule has 2 nitrogen and oxygen atoms in total. The molecule has 1 aromatic heterocycles. The van der Waals surface area contributed by atoms with Crippen LogP contribution >= 0.6 is 24.2 Å². The van der Waals surface area contributed by atoms with Crippen LogP contribution in [0.25, 0.3) is 0 Å². The summed E-state index contributed by atoms with van der Waals surface area (Å²) >= 11 is 1.45. The molecule has 1 rings (SSSR count). The van der Waals surface area contributed by atoms with Crippen molar-refractivity contribution in [3.05, 3.63) is 23.8 Å². The Labute approximate surface area is 81.2 Å². The predicted octanol–water partition coefficient (Wildman–Crippen LogP) is 1.82. The van der Waals surface area contributed by atoms with Gasteiger partial charge in [0.05, 0.1) is 11.9 Å². The molecular formula is C7H10ClFN2S. The number of halogens is 2.